The van der Waals surface area contributed by atoms with Crippen LogP contribution in [0.25, 0.3) is 0 Å². The summed E-state index contributed by atoms with van der Waals surface area (Å²) in [6.07, 6.45) is 5.82. The van der Waals surface area contributed by atoms with Crippen LogP contribution < -0.4 is 5.32 Å². The quantitative estimate of drug-likeness (QED) is 0.661. The van der Waals surface area contributed by atoms with Crippen LogP contribution in [0.15, 0.2) is 12.2 Å². The van der Waals surface area contributed by atoms with E-state index >= 15 is 0 Å². The molecule has 0 amide bonds. The summed E-state index contributed by atoms with van der Waals surface area (Å²) in [5, 5.41) is 3.31. The number of ether oxygens (including phenoxy) is 1. The van der Waals surface area contributed by atoms with E-state index in [0.717, 1.165) is 26.1 Å². The van der Waals surface area contributed by atoms with Crippen molar-refractivity contribution < 1.29 is 4.74 Å². The van der Waals surface area contributed by atoms with Gasteiger partial charge in [0, 0.05) is 13.1 Å². The molecule has 2 heteroatoms. The second-order valence-electron chi connectivity index (χ2n) is 4.81. The van der Waals surface area contributed by atoms with E-state index in [-0.39, 0.29) is 6.10 Å². The molecular weight excluding hydrogens is 162 g/mol. The average molecular weight is 183 g/mol. The first-order chi connectivity index (χ1) is 6.08. The van der Waals surface area contributed by atoms with Crippen molar-refractivity contribution >= 4 is 0 Å². The monoisotopic (exact) mass is 183 g/mol. The third kappa shape index (κ3) is 5.06. The van der Waals surface area contributed by atoms with Gasteiger partial charge in [-0.25, -0.2) is 0 Å². The van der Waals surface area contributed by atoms with E-state index in [1.54, 1.807) is 0 Å². The van der Waals surface area contributed by atoms with Crippen LogP contribution in [-0.2, 0) is 4.74 Å². The van der Waals surface area contributed by atoms with Crippen LogP contribution in [0.4, 0.5) is 0 Å². The molecule has 0 bridgehead atoms. The summed E-state index contributed by atoms with van der Waals surface area (Å²) in [5.74, 6) is 0. The average Bonchev–Trinajstić information content (AvgIpc) is 2.04. The third-order valence-corrected chi connectivity index (χ3v) is 2.04. The predicted molar refractivity (Wildman–Crippen MR) is 55.8 cm³/mol. The molecule has 1 aliphatic heterocycles. The zero-order chi connectivity index (χ0) is 9.73. The number of hydrogen-bond donors (Lipinski definition) is 1. The van der Waals surface area contributed by atoms with E-state index in [4.69, 9.17) is 4.74 Å². The van der Waals surface area contributed by atoms with Gasteiger partial charge < -0.3 is 10.1 Å². The summed E-state index contributed by atoms with van der Waals surface area (Å²) in [5.41, 5.74) is 0.387. The van der Waals surface area contributed by atoms with E-state index in [1.807, 2.05) is 0 Å². The van der Waals surface area contributed by atoms with Gasteiger partial charge in [-0.2, -0.15) is 0 Å². The molecule has 1 heterocycles. The van der Waals surface area contributed by atoms with Gasteiger partial charge in [0.15, 0.2) is 0 Å². The summed E-state index contributed by atoms with van der Waals surface area (Å²) >= 11 is 0. The van der Waals surface area contributed by atoms with Crippen molar-refractivity contribution in [1.82, 2.24) is 5.32 Å². The van der Waals surface area contributed by atoms with Crippen molar-refractivity contribution in [2.75, 3.05) is 19.7 Å². The first-order valence-electron chi connectivity index (χ1n) is 5.07. The van der Waals surface area contributed by atoms with Crippen molar-refractivity contribution in [3.05, 3.63) is 12.2 Å². The summed E-state index contributed by atoms with van der Waals surface area (Å²) in [4.78, 5) is 0. The summed E-state index contributed by atoms with van der Waals surface area (Å²) < 4.78 is 5.54. The van der Waals surface area contributed by atoms with Gasteiger partial charge in [0.1, 0.15) is 0 Å². The highest BCUT2D eigenvalue weighted by Gasteiger charge is 2.10. The molecule has 1 saturated heterocycles. The van der Waals surface area contributed by atoms with Gasteiger partial charge in [-0.15, -0.1) is 0 Å². The van der Waals surface area contributed by atoms with Crippen LogP contribution >= 0.6 is 0 Å². The van der Waals surface area contributed by atoms with E-state index in [9.17, 15) is 0 Å². The smallest absolute Gasteiger partial charge is 0.0880 e. The Labute approximate surface area is 81.4 Å². The zero-order valence-corrected chi connectivity index (χ0v) is 8.97. The highest BCUT2D eigenvalue weighted by atomic mass is 16.5. The molecule has 2 nitrogen and oxygen atoms in total. The van der Waals surface area contributed by atoms with Crippen LogP contribution in [0.5, 0.6) is 0 Å². The molecule has 13 heavy (non-hydrogen) atoms. The molecule has 0 aliphatic carbocycles. The Balaban J connectivity index is 2.22. The maximum absolute atomic E-state index is 5.54. The largest absolute Gasteiger partial charge is 0.372 e. The lowest BCUT2D eigenvalue weighted by Gasteiger charge is -2.21. The highest BCUT2D eigenvalue weighted by molar-refractivity contribution is 4.94. The Morgan fingerprint density at radius 3 is 2.77 bits per heavy atom. The molecule has 1 unspecified atom stereocenters. The Bertz CT molecular complexity index is 163. The lowest BCUT2D eigenvalue weighted by molar-refractivity contribution is 0.0589. The second-order valence-corrected chi connectivity index (χ2v) is 4.81. The zero-order valence-electron chi connectivity index (χ0n) is 8.97. The molecular formula is C11H21NO. The fraction of sp³-hybridized carbons (Fsp3) is 0.818. The van der Waals surface area contributed by atoms with Crippen LogP contribution in [0, 0.1) is 5.41 Å². The lowest BCUT2D eigenvalue weighted by Crippen LogP contribution is -2.37. The van der Waals surface area contributed by atoms with Crippen molar-refractivity contribution in [1.29, 1.82) is 0 Å². The van der Waals surface area contributed by atoms with Gasteiger partial charge >= 0.3 is 0 Å². The van der Waals surface area contributed by atoms with Gasteiger partial charge in [-0.05, 0) is 11.8 Å². The van der Waals surface area contributed by atoms with Crippen molar-refractivity contribution in [2.24, 2.45) is 5.41 Å². The summed E-state index contributed by atoms with van der Waals surface area (Å²) in [7, 11) is 0. The molecule has 1 aliphatic rings. The maximum Gasteiger partial charge on any atom is 0.0880 e. The maximum atomic E-state index is 5.54. The number of nitrogens with one attached hydrogen (secondary N) is 1. The number of morpholine rings is 1. The normalized spacial score (nSPS) is 25.3. The van der Waals surface area contributed by atoms with E-state index in [1.165, 1.54) is 0 Å². The summed E-state index contributed by atoms with van der Waals surface area (Å²) in [6.45, 7) is 9.53. The van der Waals surface area contributed by atoms with E-state index in [0.29, 0.717) is 5.41 Å². The molecule has 1 atom stereocenters. The molecule has 0 saturated carbocycles. The van der Waals surface area contributed by atoms with Crippen molar-refractivity contribution in [2.45, 2.75) is 33.3 Å². The molecule has 1 N–H and O–H groups in total. The molecule has 0 aromatic rings. The fourth-order valence-electron chi connectivity index (χ4n) is 1.28. The van der Waals surface area contributed by atoms with E-state index in [2.05, 4.69) is 38.2 Å². The molecule has 1 rings (SSSR count). The van der Waals surface area contributed by atoms with Gasteiger partial charge in [0.25, 0.3) is 0 Å². The lowest BCUT2D eigenvalue weighted by atomic mass is 9.92. The Morgan fingerprint density at radius 2 is 2.23 bits per heavy atom. The van der Waals surface area contributed by atoms with Gasteiger partial charge in [0.05, 0.1) is 12.7 Å². The summed E-state index contributed by atoms with van der Waals surface area (Å²) in [6, 6.07) is 0. The molecule has 76 valence electrons. The standard InChI is InChI=1S/C11H21NO/c1-11(2,3)6-4-5-10-9-12-7-8-13-10/h4-5,10,12H,6-9H2,1-3H3/b5-4+. The predicted octanol–water partition coefficient (Wildman–Crippen LogP) is 1.97. The SMILES string of the molecule is CC(C)(C)C/C=C/C1CNCCO1. The highest BCUT2D eigenvalue weighted by Crippen LogP contribution is 2.18. The minimum Gasteiger partial charge on any atom is -0.372 e. The Kier molecular flexibility index (Phi) is 3.94. The van der Waals surface area contributed by atoms with Crippen molar-refractivity contribution in [3.8, 4) is 0 Å². The number of allylic oxidation sites excluding steroid dienone is 1. The van der Waals surface area contributed by atoms with Crippen LogP contribution in [0.1, 0.15) is 27.2 Å². The Morgan fingerprint density at radius 1 is 1.46 bits per heavy atom. The molecule has 0 aromatic carbocycles. The Hall–Kier alpha value is -0.340. The van der Waals surface area contributed by atoms with Gasteiger partial charge in [-0.3, -0.25) is 0 Å². The first-order valence-corrected chi connectivity index (χ1v) is 5.07. The van der Waals surface area contributed by atoms with Gasteiger partial charge in [0.2, 0.25) is 0 Å². The first kappa shape index (κ1) is 10.7. The van der Waals surface area contributed by atoms with Crippen molar-refractivity contribution in [3.63, 3.8) is 0 Å². The number of rotatable bonds is 2. The molecule has 0 aromatic heterocycles. The molecule has 0 radical (unpaired) electrons. The minimum atomic E-state index is 0.288. The van der Waals surface area contributed by atoms with Crippen LogP contribution in [0.3, 0.4) is 0 Å². The van der Waals surface area contributed by atoms with Crippen LogP contribution in [0.2, 0.25) is 0 Å². The van der Waals surface area contributed by atoms with E-state index < -0.39 is 0 Å². The molecule has 1 fully saturated rings. The minimum absolute atomic E-state index is 0.288. The fourth-order valence-corrected chi connectivity index (χ4v) is 1.28. The second kappa shape index (κ2) is 4.77. The number of hydrogen-bond acceptors (Lipinski definition) is 2. The third-order valence-electron chi connectivity index (χ3n) is 2.04. The topological polar surface area (TPSA) is 21.3 Å². The van der Waals surface area contributed by atoms with Gasteiger partial charge in [-0.1, -0.05) is 32.9 Å². The molecule has 0 spiro atoms. The van der Waals surface area contributed by atoms with Crippen LogP contribution in [-0.4, -0.2) is 25.8 Å².